The van der Waals surface area contributed by atoms with Crippen LogP contribution in [0.25, 0.3) is 0 Å². The van der Waals surface area contributed by atoms with Gasteiger partial charge < -0.3 is 10.4 Å². The van der Waals surface area contributed by atoms with E-state index in [-0.39, 0.29) is 18.8 Å². The summed E-state index contributed by atoms with van der Waals surface area (Å²) in [6.45, 7) is 1.07. The molecule has 1 amide bonds. The highest BCUT2D eigenvalue weighted by Gasteiger charge is 2.36. The number of nitrogens with zero attached hydrogens (tertiary/aromatic N) is 2. The summed E-state index contributed by atoms with van der Waals surface area (Å²) < 4.78 is 37.1. The first-order chi connectivity index (χ1) is 11.2. The van der Waals surface area contributed by atoms with Gasteiger partial charge in [-0.2, -0.15) is 13.2 Å². The molecule has 0 aliphatic heterocycles. The number of hydrogen-bond acceptors (Lipinski definition) is 4. The molecule has 0 fully saturated rings. The van der Waals surface area contributed by atoms with Crippen molar-refractivity contribution in [1.82, 2.24) is 20.5 Å². The monoisotopic (exact) mass is 342 g/mol. The van der Waals surface area contributed by atoms with Crippen LogP contribution >= 0.6 is 0 Å². The van der Waals surface area contributed by atoms with Crippen LogP contribution in [0.2, 0.25) is 0 Å². The van der Waals surface area contributed by atoms with Crippen molar-refractivity contribution in [2.24, 2.45) is 0 Å². The molecule has 1 heterocycles. The Morgan fingerprint density at radius 1 is 1.29 bits per heavy atom. The molecule has 0 spiro atoms. The molecule has 0 unspecified atom stereocenters. The second-order valence-electron chi connectivity index (χ2n) is 5.55. The van der Waals surface area contributed by atoms with E-state index in [1.165, 1.54) is 6.92 Å². The first kappa shape index (κ1) is 17.9. The molecule has 3 N–H and O–H groups in total. The summed E-state index contributed by atoms with van der Waals surface area (Å²) in [5, 5.41) is 17.7. The topological polar surface area (TPSA) is 90.9 Å². The number of aromatic amines is 1. The summed E-state index contributed by atoms with van der Waals surface area (Å²) in [6.07, 6.45) is -3.99. The highest BCUT2D eigenvalue weighted by Crippen LogP contribution is 2.25. The number of amides is 1. The molecule has 0 aliphatic rings. The third-order valence-electron chi connectivity index (χ3n) is 3.43. The van der Waals surface area contributed by atoms with E-state index in [0.717, 1.165) is 5.56 Å². The lowest BCUT2D eigenvalue weighted by atomic mass is 9.96. The van der Waals surface area contributed by atoms with Crippen molar-refractivity contribution in [1.29, 1.82) is 0 Å². The van der Waals surface area contributed by atoms with E-state index in [9.17, 15) is 23.1 Å². The number of H-pyrrole nitrogens is 1. The number of aromatic nitrogens is 3. The van der Waals surface area contributed by atoms with E-state index in [4.69, 9.17) is 0 Å². The van der Waals surface area contributed by atoms with Gasteiger partial charge in [-0.05, 0) is 25.3 Å². The van der Waals surface area contributed by atoms with Crippen molar-refractivity contribution in [2.75, 3.05) is 0 Å². The molecule has 0 bridgehead atoms. The summed E-state index contributed by atoms with van der Waals surface area (Å²) in [6, 6.07) is 9.32. The quantitative estimate of drug-likeness (QED) is 0.747. The van der Waals surface area contributed by atoms with Crippen molar-refractivity contribution in [3.63, 3.8) is 0 Å². The zero-order valence-corrected chi connectivity index (χ0v) is 12.9. The summed E-state index contributed by atoms with van der Waals surface area (Å²) >= 11 is 0. The third-order valence-corrected chi connectivity index (χ3v) is 3.43. The minimum atomic E-state index is -4.65. The number of aryl methyl sites for hydroxylation is 1. The summed E-state index contributed by atoms with van der Waals surface area (Å²) in [5.41, 5.74) is -0.682. The van der Waals surface area contributed by atoms with E-state index in [2.05, 4.69) is 20.5 Å². The highest BCUT2D eigenvalue weighted by molar-refractivity contribution is 5.84. The number of hydrogen-bond donors (Lipinski definition) is 3. The maximum Gasteiger partial charge on any atom is 0.453 e. The molecule has 130 valence electrons. The van der Waals surface area contributed by atoms with Crippen LogP contribution in [0.1, 0.15) is 30.6 Å². The van der Waals surface area contributed by atoms with Gasteiger partial charge in [-0.15, -0.1) is 5.10 Å². The first-order valence-electron chi connectivity index (χ1n) is 7.21. The molecular formula is C15H17F3N4O2. The fourth-order valence-electron chi connectivity index (χ4n) is 2.00. The number of rotatable bonds is 6. The summed E-state index contributed by atoms with van der Waals surface area (Å²) in [4.78, 5) is 15.3. The minimum absolute atomic E-state index is 0.144. The molecule has 24 heavy (non-hydrogen) atoms. The highest BCUT2D eigenvalue weighted by atomic mass is 19.4. The van der Waals surface area contributed by atoms with E-state index in [1.807, 2.05) is 30.3 Å². The van der Waals surface area contributed by atoms with Crippen LogP contribution in [0.3, 0.4) is 0 Å². The largest absolute Gasteiger partial charge is 0.453 e. The zero-order valence-electron chi connectivity index (χ0n) is 12.9. The van der Waals surface area contributed by atoms with Crippen LogP contribution in [-0.4, -0.2) is 31.8 Å². The van der Waals surface area contributed by atoms with Gasteiger partial charge in [0.15, 0.2) is 0 Å². The van der Waals surface area contributed by atoms with Gasteiger partial charge in [0.1, 0.15) is 11.4 Å². The number of halogens is 3. The van der Waals surface area contributed by atoms with Gasteiger partial charge in [0, 0.05) is 0 Å². The zero-order chi connectivity index (χ0) is 17.8. The number of nitrogens with one attached hydrogen (secondary N) is 2. The van der Waals surface area contributed by atoms with Crippen molar-refractivity contribution >= 4 is 5.91 Å². The van der Waals surface area contributed by atoms with E-state index < -0.39 is 23.5 Å². The lowest BCUT2D eigenvalue weighted by Gasteiger charge is -2.22. The third kappa shape index (κ3) is 4.79. The molecule has 1 aromatic carbocycles. The minimum Gasteiger partial charge on any atom is -0.380 e. The predicted molar refractivity (Wildman–Crippen MR) is 78.6 cm³/mol. The Hall–Kier alpha value is -2.42. The first-order valence-corrected chi connectivity index (χ1v) is 7.21. The van der Waals surface area contributed by atoms with E-state index in [1.54, 1.807) is 0 Å². The maximum absolute atomic E-state index is 12.4. The summed E-state index contributed by atoms with van der Waals surface area (Å²) in [7, 11) is 0. The van der Waals surface area contributed by atoms with Gasteiger partial charge in [0.05, 0.1) is 6.54 Å². The summed E-state index contributed by atoms with van der Waals surface area (Å²) in [5.74, 6) is -2.14. The smallest absolute Gasteiger partial charge is 0.380 e. The van der Waals surface area contributed by atoms with Crippen LogP contribution in [0.15, 0.2) is 30.3 Å². The van der Waals surface area contributed by atoms with Crippen LogP contribution in [0.4, 0.5) is 13.2 Å². The molecule has 0 saturated carbocycles. The number of carbonyl (C=O) groups excluding carboxylic acids is 1. The maximum atomic E-state index is 12.4. The molecule has 0 aliphatic carbocycles. The van der Waals surface area contributed by atoms with Crippen molar-refractivity contribution in [3.05, 3.63) is 47.5 Å². The van der Waals surface area contributed by atoms with Crippen molar-refractivity contribution in [2.45, 2.75) is 38.1 Å². The molecule has 6 nitrogen and oxygen atoms in total. The van der Waals surface area contributed by atoms with Crippen molar-refractivity contribution in [3.8, 4) is 0 Å². The normalized spacial score (nSPS) is 14.2. The van der Waals surface area contributed by atoms with E-state index >= 15 is 0 Å². The Morgan fingerprint density at radius 2 is 1.96 bits per heavy atom. The number of alkyl halides is 3. The average molecular weight is 342 g/mol. The number of benzene rings is 1. The Morgan fingerprint density at radius 3 is 2.54 bits per heavy atom. The van der Waals surface area contributed by atoms with Crippen LogP contribution in [0.5, 0.6) is 0 Å². The molecule has 2 aromatic rings. The Bertz CT molecular complexity index is 684. The lowest BCUT2D eigenvalue weighted by Crippen LogP contribution is -2.44. The van der Waals surface area contributed by atoms with Crippen molar-refractivity contribution < 1.29 is 23.1 Å². The number of aliphatic hydroxyl groups is 1. The SMILES string of the molecule is C[C@@](O)(CCc1ccccc1)C(=O)NCc1nc(C(F)(F)F)n[nH]1. The fraction of sp³-hybridized carbons (Fsp3) is 0.400. The second kappa shape index (κ2) is 7.00. The van der Waals surface area contributed by atoms with Gasteiger partial charge in [0.25, 0.3) is 11.7 Å². The number of carbonyl (C=O) groups is 1. The van der Waals surface area contributed by atoms with E-state index in [0.29, 0.717) is 6.42 Å². The molecule has 1 aromatic heterocycles. The predicted octanol–water partition coefficient (Wildman–Crippen LogP) is 1.82. The lowest BCUT2D eigenvalue weighted by molar-refractivity contribution is -0.144. The molecule has 9 heteroatoms. The molecule has 2 rings (SSSR count). The molecular weight excluding hydrogens is 325 g/mol. The average Bonchev–Trinajstić information content (AvgIpc) is 3.01. The van der Waals surface area contributed by atoms with Crippen LogP contribution in [-0.2, 0) is 23.9 Å². The Balaban J connectivity index is 1.87. The van der Waals surface area contributed by atoms with Gasteiger partial charge in [-0.25, -0.2) is 4.98 Å². The van der Waals surface area contributed by atoms with Gasteiger partial charge in [0.2, 0.25) is 0 Å². The fourth-order valence-corrected chi connectivity index (χ4v) is 2.00. The Kier molecular flexibility index (Phi) is 5.23. The van der Waals surface area contributed by atoms with Gasteiger partial charge in [-0.1, -0.05) is 30.3 Å². The molecule has 0 saturated heterocycles. The standard InChI is InChI=1S/C15H17F3N4O2/c1-14(24,8-7-10-5-3-2-4-6-10)13(23)19-9-11-20-12(22-21-11)15(16,17)18/h2-6,24H,7-9H2,1H3,(H,19,23)(H,20,21,22)/t14-/m1/s1. The van der Waals surface area contributed by atoms with Gasteiger partial charge in [-0.3, -0.25) is 9.89 Å². The van der Waals surface area contributed by atoms with Crippen LogP contribution < -0.4 is 5.32 Å². The van der Waals surface area contributed by atoms with Gasteiger partial charge >= 0.3 is 6.18 Å². The molecule has 0 radical (unpaired) electrons. The Labute approximate surface area is 136 Å². The molecule has 1 atom stereocenters. The second-order valence-corrected chi connectivity index (χ2v) is 5.55. The van der Waals surface area contributed by atoms with Crippen LogP contribution in [0, 0.1) is 0 Å².